The van der Waals surface area contributed by atoms with Gasteiger partial charge < -0.3 is 10.2 Å². The predicted molar refractivity (Wildman–Crippen MR) is 131 cm³/mol. The highest BCUT2D eigenvalue weighted by atomic mass is 35.5. The van der Waals surface area contributed by atoms with Crippen LogP contribution in [0.2, 0.25) is 15.1 Å². The first kappa shape index (κ1) is 25.9. The molecule has 2 rings (SSSR count). The van der Waals surface area contributed by atoms with Gasteiger partial charge in [-0.05, 0) is 67.5 Å². The Morgan fingerprint density at radius 1 is 1.06 bits per heavy atom. The van der Waals surface area contributed by atoms with Crippen LogP contribution in [0.4, 0.5) is 0 Å². The number of rotatable bonds is 11. The Hall–Kier alpha value is -1.40. The third kappa shape index (κ3) is 8.57. The fraction of sp³-hybridized carbons (Fsp3) is 0.391. The van der Waals surface area contributed by atoms with Gasteiger partial charge in [0.15, 0.2) is 0 Å². The van der Waals surface area contributed by atoms with E-state index in [-0.39, 0.29) is 11.8 Å². The van der Waals surface area contributed by atoms with Crippen LogP contribution in [0.1, 0.15) is 38.7 Å². The lowest BCUT2D eigenvalue weighted by Crippen LogP contribution is -2.47. The number of hydrogen-bond acceptors (Lipinski definition) is 3. The summed E-state index contributed by atoms with van der Waals surface area (Å²) in [6, 6.07) is 12.3. The first-order valence-corrected chi connectivity index (χ1v) is 12.3. The highest BCUT2D eigenvalue weighted by molar-refractivity contribution is 7.99. The van der Waals surface area contributed by atoms with Crippen molar-refractivity contribution in [2.45, 2.75) is 50.6 Å². The Labute approximate surface area is 203 Å². The van der Waals surface area contributed by atoms with E-state index >= 15 is 0 Å². The molecule has 0 aliphatic heterocycles. The molecule has 1 unspecified atom stereocenters. The number of thioether (sulfide) groups is 1. The molecular formula is C23H27Cl3N2O2S. The monoisotopic (exact) mass is 500 g/mol. The number of carbonyl (C=O) groups is 2. The Morgan fingerprint density at radius 3 is 2.42 bits per heavy atom. The van der Waals surface area contributed by atoms with Crippen LogP contribution in [0.5, 0.6) is 0 Å². The van der Waals surface area contributed by atoms with Crippen LogP contribution < -0.4 is 5.32 Å². The lowest BCUT2D eigenvalue weighted by atomic mass is 10.1. The number of benzene rings is 2. The highest BCUT2D eigenvalue weighted by Gasteiger charge is 2.25. The summed E-state index contributed by atoms with van der Waals surface area (Å²) in [5.41, 5.74) is 0.827. The van der Waals surface area contributed by atoms with Gasteiger partial charge in [-0.25, -0.2) is 0 Å². The molecule has 0 aliphatic rings. The molecule has 0 radical (unpaired) electrons. The molecule has 1 atom stereocenters. The molecule has 31 heavy (non-hydrogen) atoms. The molecule has 0 fully saturated rings. The van der Waals surface area contributed by atoms with Crippen LogP contribution in [0.3, 0.4) is 0 Å². The summed E-state index contributed by atoms with van der Waals surface area (Å²) in [5.74, 6) is 0.567. The molecule has 2 aromatic rings. The molecule has 2 amide bonds. The van der Waals surface area contributed by atoms with E-state index < -0.39 is 6.04 Å². The van der Waals surface area contributed by atoms with E-state index in [0.717, 1.165) is 22.6 Å². The largest absolute Gasteiger partial charge is 0.354 e. The molecule has 0 saturated carbocycles. The molecule has 2 aromatic carbocycles. The molecule has 0 saturated heterocycles. The first-order chi connectivity index (χ1) is 14.8. The van der Waals surface area contributed by atoms with Gasteiger partial charge in [-0.3, -0.25) is 9.59 Å². The number of hydrogen-bond donors (Lipinski definition) is 1. The molecule has 8 heteroatoms. The van der Waals surface area contributed by atoms with Crippen molar-refractivity contribution in [3.63, 3.8) is 0 Å². The first-order valence-electron chi connectivity index (χ1n) is 10.2. The topological polar surface area (TPSA) is 49.4 Å². The third-order valence-electron chi connectivity index (χ3n) is 4.67. The molecule has 0 bridgehead atoms. The van der Waals surface area contributed by atoms with Crippen LogP contribution in [0, 0.1) is 0 Å². The predicted octanol–water partition coefficient (Wildman–Crippen LogP) is 6.46. The van der Waals surface area contributed by atoms with E-state index in [1.54, 1.807) is 35.7 Å². The van der Waals surface area contributed by atoms with Gasteiger partial charge in [0.2, 0.25) is 11.8 Å². The van der Waals surface area contributed by atoms with Gasteiger partial charge in [-0.1, -0.05) is 47.8 Å². The van der Waals surface area contributed by atoms with Crippen molar-refractivity contribution in [3.05, 3.63) is 63.1 Å². The molecule has 168 valence electrons. The summed E-state index contributed by atoms with van der Waals surface area (Å²) in [7, 11) is 0. The molecule has 1 N–H and O–H groups in total. The molecular weight excluding hydrogens is 475 g/mol. The Bertz CT molecular complexity index is 878. The minimum absolute atomic E-state index is 0.0677. The Morgan fingerprint density at radius 2 is 1.77 bits per heavy atom. The van der Waals surface area contributed by atoms with Gasteiger partial charge in [0, 0.05) is 29.4 Å². The zero-order chi connectivity index (χ0) is 22.8. The lowest BCUT2D eigenvalue weighted by Gasteiger charge is -2.29. The van der Waals surface area contributed by atoms with Gasteiger partial charge >= 0.3 is 0 Å². The van der Waals surface area contributed by atoms with Crippen molar-refractivity contribution in [2.24, 2.45) is 0 Å². The van der Waals surface area contributed by atoms with E-state index in [1.807, 2.05) is 37.3 Å². The highest BCUT2D eigenvalue weighted by Crippen LogP contribution is 2.25. The van der Waals surface area contributed by atoms with E-state index in [4.69, 9.17) is 34.8 Å². The van der Waals surface area contributed by atoms with Gasteiger partial charge in [0.05, 0.1) is 10.0 Å². The van der Waals surface area contributed by atoms with Crippen LogP contribution in [-0.4, -0.2) is 35.1 Å². The van der Waals surface area contributed by atoms with Crippen LogP contribution in [0.15, 0.2) is 47.4 Å². The molecule has 4 nitrogen and oxygen atoms in total. The summed E-state index contributed by atoms with van der Waals surface area (Å²) in [6.07, 6.45) is 1.89. The van der Waals surface area contributed by atoms with E-state index in [9.17, 15) is 9.59 Å². The standard InChI is InChI=1S/C23H27Cl3N2O2S/c1-3-12-27-23(30)16(2)28(15-17-6-11-20(25)21(26)14-17)22(29)5-4-13-31-19-9-7-18(24)8-10-19/h6-11,14,16H,3-5,12-13,15H2,1-2H3,(H,27,30). The fourth-order valence-corrected chi connectivity index (χ4v) is 4.20. The van der Waals surface area contributed by atoms with Crippen molar-refractivity contribution in [1.82, 2.24) is 10.2 Å². The maximum Gasteiger partial charge on any atom is 0.242 e. The average molecular weight is 502 g/mol. The smallest absolute Gasteiger partial charge is 0.242 e. The summed E-state index contributed by atoms with van der Waals surface area (Å²) < 4.78 is 0. The zero-order valence-electron chi connectivity index (χ0n) is 17.7. The number of amides is 2. The molecule has 0 spiro atoms. The summed E-state index contributed by atoms with van der Waals surface area (Å²) in [4.78, 5) is 28.3. The van der Waals surface area contributed by atoms with Crippen molar-refractivity contribution >= 4 is 58.4 Å². The van der Waals surface area contributed by atoms with Crippen LogP contribution >= 0.6 is 46.6 Å². The normalized spacial score (nSPS) is 11.8. The van der Waals surface area contributed by atoms with Gasteiger partial charge in [0.1, 0.15) is 6.04 Å². The van der Waals surface area contributed by atoms with E-state index in [1.165, 1.54) is 0 Å². The maximum atomic E-state index is 13.0. The SMILES string of the molecule is CCCNC(=O)C(C)N(Cc1ccc(Cl)c(Cl)c1)C(=O)CCCSc1ccc(Cl)cc1. The number of nitrogens with zero attached hydrogens (tertiary/aromatic N) is 1. The number of nitrogens with one attached hydrogen (secondary N) is 1. The summed E-state index contributed by atoms with van der Waals surface area (Å²) >= 11 is 19.7. The second-order valence-corrected chi connectivity index (χ2v) is 9.56. The molecule has 0 heterocycles. The van der Waals surface area contributed by atoms with Crippen molar-refractivity contribution in [3.8, 4) is 0 Å². The quantitative estimate of drug-likeness (QED) is 0.284. The van der Waals surface area contributed by atoms with E-state index in [0.29, 0.717) is 41.0 Å². The summed E-state index contributed by atoms with van der Waals surface area (Å²) in [5, 5.41) is 4.45. The number of halogens is 3. The van der Waals surface area contributed by atoms with Gasteiger partial charge in [0.25, 0.3) is 0 Å². The molecule has 0 aromatic heterocycles. The second kappa shape index (κ2) is 13.2. The van der Waals surface area contributed by atoms with Crippen LogP contribution in [-0.2, 0) is 16.1 Å². The minimum Gasteiger partial charge on any atom is -0.354 e. The lowest BCUT2D eigenvalue weighted by molar-refractivity contribution is -0.140. The van der Waals surface area contributed by atoms with E-state index in [2.05, 4.69) is 5.32 Å². The maximum absolute atomic E-state index is 13.0. The number of carbonyl (C=O) groups excluding carboxylic acids is 2. The van der Waals surface area contributed by atoms with Crippen LogP contribution in [0.25, 0.3) is 0 Å². The Balaban J connectivity index is 2.01. The summed E-state index contributed by atoms with van der Waals surface area (Å²) in [6.45, 7) is 4.61. The minimum atomic E-state index is -0.586. The zero-order valence-corrected chi connectivity index (χ0v) is 20.8. The van der Waals surface area contributed by atoms with Gasteiger partial charge in [-0.2, -0.15) is 0 Å². The second-order valence-electron chi connectivity index (χ2n) is 7.14. The van der Waals surface area contributed by atoms with Crippen molar-refractivity contribution < 1.29 is 9.59 Å². The van der Waals surface area contributed by atoms with Crippen molar-refractivity contribution in [1.29, 1.82) is 0 Å². The average Bonchev–Trinajstić information content (AvgIpc) is 2.76. The fourth-order valence-electron chi connectivity index (χ4n) is 2.90. The third-order valence-corrected chi connectivity index (χ3v) is 6.76. The molecule has 0 aliphatic carbocycles. The van der Waals surface area contributed by atoms with Gasteiger partial charge in [-0.15, -0.1) is 11.8 Å². The van der Waals surface area contributed by atoms with Crippen molar-refractivity contribution in [2.75, 3.05) is 12.3 Å². The Kier molecular flexibility index (Phi) is 11.0.